The molecule has 5 atom stereocenters. The Morgan fingerprint density at radius 1 is 0.862 bits per heavy atom. The number of carboxylic acids is 1. The minimum absolute atomic E-state index is 0.0211. The summed E-state index contributed by atoms with van der Waals surface area (Å²) in [5.74, 6) is 2.08. The zero-order valence-electron chi connectivity index (χ0n) is 50.1. The summed E-state index contributed by atoms with van der Waals surface area (Å²) in [5, 5.41) is 19.7. The molecular weight excluding hydrogens is 1380 g/mol. The third kappa shape index (κ3) is 20.0. The number of ether oxygens (including phenoxy) is 4. The first kappa shape index (κ1) is 73.2. The van der Waals surface area contributed by atoms with Crippen LogP contribution in [0.25, 0.3) is 16.7 Å². The molecule has 0 spiro atoms. The van der Waals surface area contributed by atoms with Crippen molar-refractivity contribution >= 4 is 117 Å². The zero-order chi connectivity index (χ0) is 69.1. The van der Waals surface area contributed by atoms with Crippen molar-refractivity contribution in [2.45, 2.75) is 77.0 Å². The van der Waals surface area contributed by atoms with Crippen molar-refractivity contribution < 1.29 is 116 Å². The molecular formula is C54H62N7O26P3S4. The van der Waals surface area contributed by atoms with E-state index in [-0.39, 0.29) is 95.8 Å². The van der Waals surface area contributed by atoms with E-state index in [1.165, 1.54) is 46.7 Å². The highest BCUT2D eigenvalue weighted by Gasteiger charge is 2.44. The van der Waals surface area contributed by atoms with Gasteiger partial charge in [-0.2, -0.15) is 30.4 Å². The summed E-state index contributed by atoms with van der Waals surface area (Å²) in [5.41, 5.74) is 5.22. The second-order valence-electron chi connectivity index (χ2n) is 22.2. The summed E-state index contributed by atoms with van der Waals surface area (Å²) in [6.07, 6.45) is -0.352. The molecule has 0 aliphatic carbocycles. The van der Waals surface area contributed by atoms with Gasteiger partial charge >= 0.3 is 41.2 Å². The molecule has 12 N–H and O–H groups in total. The van der Waals surface area contributed by atoms with Gasteiger partial charge in [0.2, 0.25) is 0 Å². The van der Waals surface area contributed by atoms with Gasteiger partial charge in [-0.25, -0.2) is 28.1 Å². The van der Waals surface area contributed by atoms with Crippen molar-refractivity contribution in [1.82, 2.24) is 20.2 Å². The van der Waals surface area contributed by atoms with Crippen molar-refractivity contribution in [3.8, 4) is 23.3 Å². The second kappa shape index (κ2) is 29.0. The molecule has 0 saturated carbocycles. The standard InChI is InChI=1S/C54H62N7O26P3S4/c1-29(62)10-13-81-44-22-46(85-45(44)26-83-89(71,72)87-90(73,74)86-88(68,69)70)61-25-31(48(55)58-51(61)66)7-6-11-57-52(67)82-14-16-92-91-15-12-56-49(63)34-9-8-30(17-37(34)50(64)65)47-38-18-35-32(27-93(75,76)77)23-53(2,3)59-40(35)20-42(38)84-43-21-41-36(19-39(43)47)33(28-94(78,79)80)24-54(4,5)60-41/h8-9,17-21,23-25,44-46,59H,10-16,22,26-28H2,1-5H3,(H,56,63)(H,57,67)(H,64,65)(H,71,72)(H,73,74)(H2,55,58,66)(H2,68,69,70)(H,75,76,77)(H,78,79,80)/t44?,45-,46-/m1/s1. The first-order chi connectivity index (χ1) is 43.6. The Balaban J connectivity index is 0.875. The lowest BCUT2D eigenvalue weighted by atomic mass is 9.85. The van der Waals surface area contributed by atoms with E-state index < -0.39 is 121 Å². The summed E-state index contributed by atoms with van der Waals surface area (Å²) >= 11 is 0. The topological polar surface area (TPSA) is 503 Å². The molecule has 1 saturated heterocycles. The average Bonchev–Trinajstić information content (AvgIpc) is 0.840. The lowest BCUT2D eigenvalue weighted by Gasteiger charge is -2.34. The van der Waals surface area contributed by atoms with Gasteiger partial charge in [-0.15, -0.1) is 0 Å². The van der Waals surface area contributed by atoms with Crippen LogP contribution in [0.2, 0.25) is 0 Å². The summed E-state index contributed by atoms with van der Waals surface area (Å²) in [4.78, 5) is 109. The fraction of sp³-hybridized carbons (Fsp3) is 0.389. The third-order valence-electron chi connectivity index (χ3n) is 13.6. The molecule has 3 aromatic carbocycles. The monoisotopic (exact) mass is 1450 g/mol. The number of nitrogens with two attached hydrogens (primary N) is 1. The lowest BCUT2D eigenvalue weighted by Crippen LogP contribution is -2.33. The molecule has 8 rings (SSSR count). The number of nitrogen functional groups attached to an aromatic ring is 1. The molecule has 40 heteroatoms. The molecule has 33 nitrogen and oxygen atoms in total. The number of amides is 2. The van der Waals surface area contributed by atoms with Crippen LogP contribution in [0.4, 0.5) is 16.3 Å². The number of phosphoric ester groups is 1. The summed E-state index contributed by atoms with van der Waals surface area (Å²) in [6.45, 7) is 6.97. The Morgan fingerprint density at radius 2 is 1.55 bits per heavy atom. The van der Waals surface area contributed by atoms with Gasteiger partial charge in [0.05, 0.1) is 59.0 Å². The predicted octanol–water partition coefficient (Wildman–Crippen LogP) is 3.92. The number of rotatable bonds is 27. The van der Waals surface area contributed by atoms with Crippen LogP contribution in [0.5, 0.6) is 11.5 Å². The molecule has 5 heterocycles. The van der Waals surface area contributed by atoms with Gasteiger partial charge in [0.25, 0.3) is 26.1 Å². The molecule has 2 amide bonds. The highest BCUT2D eigenvalue weighted by Crippen LogP contribution is 2.66. The predicted molar refractivity (Wildman–Crippen MR) is 339 cm³/mol. The molecule has 4 aliphatic rings. The molecule has 94 heavy (non-hydrogen) atoms. The number of Topliss-reactive ketones (excluding diaryl/α,β-unsaturated/α-hetero) is 1. The number of benzene rings is 3. The van der Waals surface area contributed by atoms with Crippen LogP contribution in [0.3, 0.4) is 0 Å². The maximum absolute atomic E-state index is 13.7. The Kier molecular flexibility index (Phi) is 22.6. The van der Waals surface area contributed by atoms with Crippen molar-refractivity contribution in [1.29, 1.82) is 0 Å². The Labute approximate surface area is 543 Å². The number of fused-ring (bicyclic) bond motifs is 4. The number of aromatic nitrogens is 2. The lowest BCUT2D eigenvalue weighted by molar-refractivity contribution is -0.119. The normalized spacial score (nSPS) is 19.0. The average molecular weight is 1450 g/mol. The molecule has 4 aromatic rings. The number of anilines is 2. The number of nitrogens with one attached hydrogen (secondary N) is 3. The number of hydrogen-bond acceptors (Lipinski definition) is 25. The van der Waals surface area contributed by atoms with Crippen molar-refractivity contribution in [2.24, 2.45) is 4.99 Å². The van der Waals surface area contributed by atoms with Gasteiger partial charge in [0, 0.05) is 82.4 Å². The minimum atomic E-state index is -5.85. The fourth-order valence-corrected chi connectivity index (χ4v) is 16.2. The van der Waals surface area contributed by atoms with Gasteiger partial charge in [0.15, 0.2) is 0 Å². The van der Waals surface area contributed by atoms with Gasteiger partial charge in [-0.3, -0.25) is 32.8 Å². The molecule has 3 unspecified atom stereocenters. The first-order valence-electron chi connectivity index (χ1n) is 27.6. The fourth-order valence-electron chi connectivity index (χ4n) is 10.2. The number of carboxylic acid groups (broad SMARTS) is 1. The zero-order valence-corrected chi connectivity index (χ0v) is 56.0. The molecule has 0 radical (unpaired) electrons. The van der Waals surface area contributed by atoms with E-state index in [0.717, 1.165) is 10.8 Å². The van der Waals surface area contributed by atoms with E-state index in [4.69, 9.17) is 44.0 Å². The number of phosphoric acid groups is 3. The van der Waals surface area contributed by atoms with Crippen molar-refractivity contribution in [2.75, 3.05) is 67.0 Å². The van der Waals surface area contributed by atoms with E-state index in [9.17, 15) is 78.5 Å². The number of carbonyl (C=O) groups excluding carboxylic acids is 3. The molecule has 1 fully saturated rings. The summed E-state index contributed by atoms with van der Waals surface area (Å²) < 4.78 is 141. The Bertz CT molecular complexity index is 4470. The van der Waals surface area contributed by atoms with Crippen LogP contribution in [0.15, 0.2) is 70.6 Å². The maximum Gasteiger partial charge on any atom is 0.490 e. The van der Waals surface area contributed by atoms with Crippen molar-refractivity contribution in [3.63, 3.8) is 0 Å². The highest BCUT2D eigenvalue weighted by atomic mass is 33.1. The molecule has 0 bridgehead atoms. The Hall–Kier alpha value is -6.62. The smallest absolute Gasteiger partial charge is 0.478 e. The third-order valence-corrected chi connectivity index (χ3v) is 21.2. The van der Waals surface area contributed by atoms with Gasteiger partial charge in [-0.05, 0) is 75.6 Å². The minimum Gasteiger partial charge on any atom is -0.478 e. The second-order valence-corrected chi connectivity index (χ2v) is 32.3. The SMILES string of the molecule is CC(=O)CCOC1C[C@H](n2cc(C#CCNC(=O)OCCSSCCNC(=O)c3ccc(C4=c5cc6c(cc5Oc5cc7c(cc54)C(CS(=O)(=O)O)=CC(C)(C)N7)=NC(C)(C)C=C6CS(=O)(=O)O)cc3C(=O)O)c(N)nc2=O)O[C@@H]1COP(=O)(O)OP(=O)(O)OP(=O)(O)O. The van der Waals surface area contributed by atoms with Gasteiger partial charge < -0.3 is 65.3 Å². The number of nitrogens with zero attached hydrogens (tertiary/aromatic N) is 3. The van der Waals surface area contributed by atoms with Crippen molar-refractivity contribution in [3.05, 3.63) is 121 Å². The van der Waals surface area contributed by atoms with Crippen LogP contribution in [0.1, 0.15) is 102 Å². The number of hydrogen-bond donors (Lipinski definition) is 11. The van der Waals surface area contributed by atoms with Crippen LogP contribution in [-0.4, -0.2) is 163 Å². The first-order valence-corrected chi connectivity index (χ1v) is 37.9. The summed E-state index contributed by atoms with van der Waals surface area (Å²) in [7, 11) is -23.7. The van der Waals surface area contributed by atoms with Crippen LogP contribution < -0.4 is 42.7 Å². The maximum atomic E-state index is 13.7. The van der Waals surface area contributed by atoms with E-state index in [2.05, 4.69) is 41.4 Å². The van der Waals surface area contributed by atoms with E-state index in [0.29, 0.717) is 44.3 Å². The van der Waals surface area contributed by atoms with Gasteiger partial charge in [0.1, 0.15) is 53.5 Å². The number of carbonyl (C=O) groups is 4. The number of aromatic carboxylic acids is 1. The number of ketones is 1. The van der Waals surface area contributed by atoms with Gasteiger partial charge in [-0.1, -0.05) is 51.6 Å². The van der Waals surface area contributed by atoms with Crippen LogP contribution in [-0.2, 0) is 66.1 Å². The van der Waals surface area contributed by atoms with Crippen LogP contribution in [0, 0.1) is 11.8 Å². The largest absolute Gasteiger partial charge is 0.490 e. The quantitative estimate of drug-likeness (QED) is 0.0117. The van der Waals surface area contributed by atoms with Crippen LogP contribution >= 0.6 is 45.1 Å². The van der Waals surface area contributed by atoms with E-state index >= 15 is 0 Å². The molecule has 1 aromatic heterocycles. The molecule has 508 valence electrons. The highest BCUT2D eigenvalue weighted by molar-refractivity contribution is 8.76. The van der Waals surface area contributed by atoms with E-state index in [1.807, 2.05) is 0 Å². The van der Waals surface area contributed by atoms with E-state index in [1.54, 1.807) is 64.1 Å². The number of alkyl carbamates (subject to hydrolysis) is 1. The summed E-state index contributed by atoms with van der Waals surface area (Å²) in [6, 6.07) is 10.6. The molecule has 4 aliphatic heterocycles. The Morgan fingerprint density at radius 3 is 2.22 bits per heavy atom.